The number of nitrogens with one attached hydrogen (secondary N) is 2. The molecule has 0 bridgehead atoms. The second kappa shape index (κ2) is 8.45. The van der Waals surface area contributed by atoms with Crippen LogP contribution in [0.3, 0.4) is 0 Å². The lowest BCUT2D eigenvalue weighted by molar-refractivity contribution is 0.486. The van der Waals surface area contributed by atoms with E-state index in [4.69, 9.17) is 5.10 Å². The molecule has 0 spiro atoms. The van der Waals surface area contributed by atoms with Gasteiger partial charge in [0.2, 0.25) is 0 Å². The van der Waals surface area contributed by atoms with Crippen LogP contribution in [0, 0.1) is 5.82 Å². The van der Waals surface area contributed by atoms with Gasteiger partial charge in [-0.1, -0.05) is 54.6 Å². The van der Waals surface area contributed by atoms with Crippen molar-refractivity contribution in [1.29, 1.82) is 0 Å². The van der Waals surface area contributed by atoms with Crippen molar-refractivity contribution < 1.29 is 4.39 Å². The topological polar surface area (TPSA) is 59.0 Å². The number of halogens is 1. The molecule has 4 aromatic rings. The largest absolute Gasteiger partial charge is 0.377 e. The van der Waals surface area contributed by atoms with Crippen molar-refractivity contribution in [2.75, 3.05) is 12.4 Å². The van der Waals surface area contributed by atoms with E-state index < -0.39 is 5.82 Å². The molecular formula is C27H27FN4O. The van der Waals surface area contributed by atoms with Gasteiger partial charge >= 0.3 is 0 Å². The summed E-state index contributed by atoms with van der Waals surface area (Å²) in [6.07, 6.45) is 0. The first-order chi connectivity index (χ1) is 16.0. The molecule has 2 unspecified atom stereocenters. The lowest BCUT2D eigenvalue weighted by Crippen LogP contribution is -2.32. The smallest absolute Gasteiger partial charge is 0.275 e. The molecule has 2 heterocycles. The molecule has 1 aromatic heterocycles. The fourth-order valence-electron chi connectivity index (χ4n) is 4.81. The number of anilines is 1. The minimum atomic E-state index is -0.434. The van der Waals surface area contributed by atoms with Crippen molar-refractivity contribution in [2.45, 2.75) is 38.4 Å². The minimum Gasteiger partial charge on any atom is -0.377 e. The van der Waals surface area contributed by atoms with E-state index in [2.05, 4.69) is 47.0 Å². The summed E-state index contributed by atoms with van der Waals surface area (Å²) in [6, 6.07) is 21.1. The Bertz CT molecular complexity index is 1360. The summed E-state index contributed by atoms with van der Waals surface area (Å²) in [5.41, 5.74) is 4.49. The molecule has 6 heteroatoms. The lowest BCUT2D eigenvalue weighted by Gasteiger charge is -2.35. The van der Waals surface area contributed by atoms with E-state index in [1.807, 2.05) is 39.1 Å². The van der Waals surface area contributed by atoms with Gasteiger partial charge < -0.3 is 10.6 Å². The highest BCUT2D eigenvalue weighted by Crippen LogP contribution is 2.46. The van der Waals surface area contributed by atoms with E-state index in [1.165, 1.54) is 22.4 Å². The average molecular weight is 443 g/mol. The predicted molar refractivity (Wildman–Crippen MR) is 130 cm³/mol. The third-order valence-electron chi connectivity index (χ3n) is 6.32. The summed E-state index contributed by atoms with van der Waals surface area (Å²) in [6.45, 7) is 4.63. The summed E-state index contributed by atoms with van der Waals surface area (Å²) in [7, 11) is 1.93. The van der Waals surface area contributed by atoms with Crippen LogP contribution < -0.4 is 16.2 Å². The summed E-state index contributed by atoms with van der Waals surface area (Å²) in [4.78, 5) is 13.2. The first kappa shape index (κ1) is 21.3. The predicted octanol–water partition coefficient (Wildman–Crippen LogP) is 5.13. The lowest BCUT2D eigenvalue weighted by atomic mass is 9.80. The Morgan fingerprint density at radius 1 is 1.06 bits per heavy atom. The van der Waals surface area contributed by atoms with Gasteiger partial charge in [-0.25, -0.2) is 9.07 Å². The molecule has 0 radical (unpaired) electrons. The van der Waals surface area contributed by atoms with Gasteiger partial charge in [0.15, 0.2) is 0 Å². The molecule has 168 valence electrons. The van der Waals surface area contributed by atoms with Crippen LogP contribution in [0.2, 0.25) is 0 Å². The summed E-state index contributed by atoms with van der Waals surface area (Å²) < 4.78 is 16.1. The molecule has 5 rings (SSSR count). The Labute approximate surface area is 192 Å². The SMILES string of the molecule is CNCc1ccc(C2c3nn(C(C)C)c(=O)c4cc(F)cc(c34)NC2c2ccccc2)cc1. The number of benzene rings is 3. The molecule has 0 aliphatic carbocycles. The fourth-order valence-corrected chi connectivity index (χ4v) is 4.81. The van der Waals surface area contributed by atoms with Crippen LogP contribution in [-0.4, -0.2) is 16.8 Å². The maximum absolute atomic E-state index is 14.6. The van der Waals surface area contributed by atoms with Crippen molar-refractivity contribution in [3.63, 3.8) is 0 Å². The number of rotatable bonds is 5. The second-order valence-electron chi connectivity index (χ2n) is 8.89. The van der Waals surface area contributed by atoms with Crippen LogP contribution in [0.25, 0.3) is 10.8 Å². The fraction of sp³-hybridized carbons (Fsp3) is 0.259. The highest BCUT2D eigenvalue weighted by atomic mass is 19.1. The Morgan fingerprint density at radius 3 is 2.45 bits per heavy atom. The number of aromatic nitrogens is 2. The van der Waals surface area contributed by atoms with Crippen LogP contribution in [-0.2, 0) is 6.54 Å². The third kappa shape index (κ3) is 3.70. The van der Waals surface area contributed by atoms with Crippen LogP contribution in [0.4, 0.5) is 10.1 Å². The van der Waals surface area contributed by atoms with Crippen LogP contribution in [0.5, 0.6) is 0 Å². The monoisotopic (exact) mass is 442 g/mol. The molecule has 5 nitrogen and oxygen atoms in total. The molecule has 0 saturated carbocycles. The number of hydrogen-bond acceptors (Lipinski definition) is 4. The highest BCUT2D eigenvalue weighted by Gasteiger charge is 2.36. The van der Waals surface area contributed by atoms with Gasteiger partial charge in [-0.2, -0.15) is 5.10 Å². The zero-order valence-electron chi connectivity index (χ0n) is 19.0. The van der Waals surface area contributed by atoms with E-state index in [-0.39, 0.29) is 23.6 Å². The molecular weight excluding hydrogens is 415 g/mol. The maximum atomic E-state index is 14.6. The zero-order valence-corrected chi connectivity index (χ0v) is 19.0. The molecule has 0 saturated heterocycles. The summed E-state index contributed by atoms with van der Waals surface area (Å²) >= 11 is 0. The highest BCUT2D eigenvalue weighted by molar-refractivity contribution is 5.97. The van der Waals surface area contributed by atoms with Gasteiger partial charge in [-0.3, -0.25) is 4.79 Å². The van der Waals surface area contributed by atoms with E-state index >= 15 is 0 Å². The molecule has 0 amide bonds. The van der Waals surface area contributed by atoms with Crippen molar-refractivity contribution in [2.24, 2.45) is 0 Å². The molecule has 1 aliphatic heterocycles. The Kier molecular flexibility index (Phi) is 5.46. The van der Waals surface area contributed by atoms with Gasteiger partial charge in [0.05, 0.1) is 29.1 Å². The van der Waals surface area contributed by atoms with Crippen LogP contribution >= 0.6 is 0 Å². The first-order valence-corrected chi connectivity index (χ1v) is 11.3. The van der Waals surface area contributed by atoms with Crippen molar-refractivity contribution in [3.05, 3.63) is 105 Å². The Morgan fingerprint density at radius 2 is 1.79 bits per heavy atom. The number of nitrogens with zero attached hydrogens (tertiary/aromatic N) is 2. The maximum Gasteiger partial charge on any atom is 0.275 e. The van der Waals surface area contributed by atoms with Crippen molar-refractivity contribution >= 4 is 16.5 Å². The van der Waals surface area contributed by atoms with E-state index in [0.717, 1.165) is 23.4 Å². The standard InChI is InChI=1S/C27H27FN4O/c1-16(2)32-27(33)21-13-20(28)14-22-24(21)26(31-32)23(18-11-9-17(10-12-18)15-29-3)25(30-22)19-7-5-4-6-8-19/h4-14,16,23,25,29-30H,15H2,1-3H3. The number of hydrogen-bond donors (Lipinski definition) is 2. The van der Waals surface area contributed by atoms with Crippen LogP contribution in [0.15, 0.2) is 71.5 Å². The van der Waals surface area contributed by atoms with Crippen molar-refractivity contribution in [1.82, 2.24) is 15.1 Å². The minimum absolute atomic E-state index is 0.145. The van der Waals surface area contributed by atoms with Gasteiger partial charge in [0.25, 0.3) is 5.56 Å². The van der Waals surface area contributed by atoms with Gasteiger partial charge in [-0.05, 0) is 49.7 Å². The zero-order chi connectivity index (χ0) is 23.1. The van der Waals surface area contributed by atoms with Crippen molar-refractivity contribution in [3.8, 4) is 0 Å². The van der Waals surface area contributed by atoms with E-state index in [0.29, 0.717) is 16.5 Å². The first-order valence-electron chi connectivity index (χ1n) is 11.3. The molecule has 1 aliphatic rings. The molecule has 33 heavy (non-hydrogen) atoms. The van der Waals surface area contributed by atoms with Gasteiger partial charge in [-0.15, -0.1) is 0 Å². The van der Waals surface area contributed by atoms with Crippen LogP contribution in [0.1, 0.15) is 54.2 Å². The average Bonchev–Trinajstić information content (AvgIpc) is 2.81. The Balaban J connectivity index is 1.81. The Hall–Kier alpha value is -3.51. The summed E-state index contributed by atoms with van der Waals surface area (Å²) in [5.74, 6) is -0.585. The molecule has 2 N–H and O–H groups in total. The molecule has 0 fully saturated rings. The van der Waals surface area contributed by atoms with E-state index in [1.54, 1.807) is 0 Å². The van der Waals surface area contributed by atoms with E-state index in [9.17, 15) is 9.18 Å². The molecule has 2 atom stereocenters. The second-order valence-corrected chi connectivity index (χ2v) is 8.89. The molecule has 3 aromatic carbocycles. The normalized spacial score (nSPS) is 17.4. The summed E-state index contributed by atoms with van der Waals surface area (Å²) in [5, 5.41) is 12.7. The quantitative estimate of drug-likeness (QED) is 0.450. The van der Waals surface area contributed by atoms with Gasteiger partial charge in [0.1, 0.15) is 5.82 Å². The van der Waals surface area contributed by atoms with Gasteiger partial charge in [0, 0.05) is 17.6 Å². The third-order valence-corrected chi connectivity index (χ3v) is 6.32.